The van der Waals surface area contributed by atoms with Crippen LogP contribution in [0.1, 0.15) is 50.8 Å². The van der Waals surface area contributed by atoms with E-state index in [-0.39, 0.29) is 11.0 Å². The fourth-order valence-corrected chi connectivity index (χ4v) is 7.41. The summed E-state index contributed by atoms with van der Waals surface area (Å²) in [6, 6.07) is 6.05. The fourth-order valence-electron chi connectivity index (χ4n) is 7.41. The number of hydrogen-bond acceptors (Lipinski definition) is 6. The molecule has 3 heterocycles. The van der Waals surface area contributed by atoms with Gasteiger partial charge in [-0.25, -0.2) is 4.98 Å². The molecule has 8 nitrogen and oxygen atoms in total. The van der Waals surface area contributed by atoms with Crippen molar-refractivity contribution in [2.45, 2.75) is 57.4 Å². The van der Waals surface area contributed by atoms with Gasteiger partial charge in [0.05, 0.1) is 11.0 Å². The first-order chi connectivity index (χ1) is 15.1. The van der Waals surface area contributed by atoms with E-state index in [0.29, 0.717) is 17.7 Å². The first kappa shape index (κ1) is 19.2. The number of amides is 1. The monoisotopic (exact) mass is 421 g/mol. The first-order valence-corrected chi connectivity index (χ1v) is 11.8. The van der Waals surface area contributed by atoms with Crippen molar-refractivity contribution in [2.24, 2.45) is 17.3 Å². The maximum Gasteiger partial charge on any atom is 0.228 e. The summed E-state index contributed by atoms with van der Waals surface area (Å²) >= 11 is 0. The largest absolute Gasteiger partial charge is 0.355 e. The number of aromatic nitrogens is 5. The summed E-state index contributed by atoms with van der Waals surface area (Å²) in [5.74, 6) is 3.32. The SMILES string of the molecule is Cc1nnn(C23CC4CC(CC(C(=O)N5CCCN(c6ccccn6)CC5)(C4)C2)C3)n1. The zero-order valence-corrected chi connectivity index (χ0v) is 18.3. The highest BCUT2D eigenvalue weighted by atomic mass is 16.2. The molecule has 4 bridgehead atoms. The van der Waals surface area contributed by atoms with E-state index >= 15 is 0 Å². The van der Waals surface area contributed by atoms with Crippen LogP contribution < -0.4 is 4.90 Å². The summed E-state index contributed by atoms with van der Waals surface area (Å²) in [4.78, 5) is 24.9. The lowest BCUT2D eigenvalue weighted by Gasteiger charge is -2.60. The normalized spacial score (nSPS) is 34.7. The van der Waals surface area contributed by atoms with Gasteiger partial charge in [0.2, 0.25) is 5.91 Å². The lowest BCUT2D eigenvalue weighted by atomic mass is 9.46. The smallest absolute Gasteiger partial charge is 0.228 e. The summed E-state index contributed by atoms with van der Waals surface area (Å²) in [6.45, 7) is 5.31. The Labute approximate surface area is 183 Å². The molecule has 2 aromatic heterocycles. The zero-order chi connectivity index (χ0) is 21.1. The van der Waals surface area contributed by atoms with Gasteiger partial charge in [0.25, 0.3) is 0 Å². The summed E-state index contributed by atoms with van der Waals surface area (Å²) in [5.41, 5.74) is -0.362. The van der Waals surface area contributed by atoms with Gasteiger partial charge in [-0.05, 0) is 81.1 Å². The molecule has 1 saturated heterocycles. The van der Waals surface area contributed by atoms with Crippen molar-refractivity contribution < 1.29 is 4.79 Å². The molecule has 5 fully saturated rings. The molecule has 1 amide bonds. The van der Waals surface area contributed by atoms with Crippen molar-refractivity contribution >= 4 is 11.7 Å². The number of carbonyl (C=O) groups excluding carboxylic acids is 1. The Hall–Kier alpha value is -2.51. The van der Waals surface area contributed by atoms with Gasteiger partial charge in [0, 0.05) is 32.4 Å². The van der Waals surface area contributed by atoms with Gasteiger partial charge < -0.3 is 9.80 Å². The third-order valence-electron chi connectivity index (χ3n) is 8.18. The van der Waals surface area contributed by atoms with E-state index in [1.807, 2.05) is 30.0 Å². The number of rotatable bonds is 3. The van der Waals surface area contributed by atoms with E-state index in [1.165, 1.54) is 6.42 Å². The van der Waals surface area contributed by atoms with E-state index in [9.17, 15) is 4.79 Å². The molecular weight excluding hydrogens is 390 g/mol. The molecule has 1 aliphatic heterocycles. The molecule has 31 heavy (non-hydrogen) atoms. The quantitative estimate of drug-likeness (QED) is 0.757. The molecule has 8 heteroatoms. The second kappa shape index (κ2) is 7.00. The highest BCUT2D eigenvalue weighted by molar-refractivity contribution is 5.83. The second-order valence-corrected chi connectivity index (χ2v) is 10.4. The topological polar surface area (TPSA) is 80.0 Å². The lowest BCUT2D eigenvalue weighted by Crippen LogP contribution is -2.62. The summed E-state index contributed by atoms with van der Waals surface area (Å²) in [7, 11) is 0. The molecule has 0 radical (unpaired) electrons. The highest BCUT2D eigenvalue weighted by Crippen LogP contribution is 2.64. The van der Waals surface area contributed by atoms with Gasteiger partial charge >= 0.3 is 0 Å². The molecule has 2 unspecified atom stereocenters. The molecule has 2 atom stereocenters. The van der Waals surface area contributed by atoms with Crippen LogP contribution in [-0.2, 0) is 10.3 Å². The molecule has 4 aliphatic carbocycles. The Morgan fingerprint density at radius 1 is 1.06 bits per heavy atom. The molecule has 4 saturated carbocycles. The molecule has 0 spiro atoms. The van der Waals surface area contributed by atoms with Gasteiger partial charge in [0.1, 0.15) is 5.82 Å². The van der Waals surface area contributed by atoms with Crippen molar-refractivity contribution in [3.8, 4) is 0 Å². The number of aryl methyl sites for hydroxylation is 1. The van der Waals surface area contributed by atoms with Crippen LogP contribution in [0.2, 0.25) is 0 Å². The van der Waals surface area contributed by atoms with Gasteiger partial charge in [-0.2, -0.15) is 4.80 Å². The summed E-state index contributed by atoms with van der Waals surface area (Å²) in [5, 5.41) is 13.2. The summed E-state index contributed by atoms with van der Waals surface area (Å²) < 4.78 is 0. The third-order valence-corrected chi connectivity index (χ3v) is 8.18. The van der Waals surface area contributed by atoms with Gasteiger partial charge in [-0.3, -0.25) is 4.79 Å². The molecule has 164 valence electrons. The van der Waals surface area contributed by atoms with Crippen LogP contribution in [-0.4, -0.2) is 62.2 Å². The van der Waals surface area contributed by atoms with E-state index in [2.05, 4.69) is 36.3 Å². The maximum absolute atomic E-state index is 14.1. The molecular formula is C23H31N7O. The minimum absolute atomic E-state index is 0.118. The Balaban J connectivity index is 1.24. The van der Waals surface area contributed by atoms with Crippen LogP contribution in [0.15, 0.2) is 24.4 Å². The number of hydrogen-bond donors (Lipinski definition) is 0. The van der Waals surface area contributed by atoms with E-state index in [4.69, 9.17) is 0 Å². The Kier molecular flexibility index (Phi) is 4.34. The van der Waals surface area contributed by atoms with Crippen LogP contribution in [0.5, 0.6) is 0 Å². The van der Waals surface area contributed by atoms with Crippen molar-refractivity contribution in [3.63, 3.8) is 0 Å². The minimum Gasteiger partial charge on any atom is -0.355 e. The van der Waals surface area contributed by atoms with Gasteiger partial charge in [-0.1, -0.05) is 6.07 Å². The van der Waals surface area contributed by atoms with Gasteiger partial charge in [-0.15, -0.1) is 10.2 Å². The van der Waals surface area contributed by atoms with Crippen LogP contribution in [0.25, 0.3) is 0 Å². The Morgan fingerprint density at radius 2 is 1.90 bits per heavy atom. The zero-order valence-electron chi connectivity index (χ0n) is 18.3. The molecule has 5 aliphatic rings. The maximum atomic E-state index is 14.1. The van der Waals surface area contributed by atoms with Crippen LogP contribution >= 0.6 is 0 Å². The standard InChI is InChI=1S/C23H31N7O/c1-17-25-27-30(26-17)23-14-18-11-19(15-23)13-22(12-18,16-23)21(31)29-8-4-7-28(9-10-29)20-5-2-3-6-24-20/h2-3,5-6,18-19H,4,7-16H2,1H3. The molecule has 0 N–H and O–H groups in total. The van der Waals surface area contributed by atoms with E-state index in [0.717, 1.165) is 76.3 Å². The average Bonchev–Trinajstić information content (AvgIpc) is 3.06. The van der Waals surface area contributed by atoms with Crippen LogP contribution in [0.3, 0.4) is 0 Å². The number of anilines is 1. The highest BCUT2D eigenvalue weighted by Gasteiger charge is 2.63. The molecule has 2 aromatic rings. The van der Waals surface area contributed by atoms with Crippen LogP contribution in [0, 0.1) is 24.2 Å². The second-order valence-electron chi connectivity index (χ2n) is 10.4. The van der Waals surface area contributed by atoms with Crippen molar-refractivity contribution in [1.82, 2.24) is 30.1 Å². The van der Waals surface area contributed by atoms with Crippen molar-refractivity contribution in [1.29, 1.82) is 0 Å². The number of carbonyl (C=O) groups is 1. The fraction of sp³-hybridized carbons (Fsp3) is 0.696. The lowest BCUT2D eigenvalue weighted by molar-refractivity contribution is -0.167. The van der Waals surface area contributed by atoms with Crippen molar-refractivity contribution in [3.05, 3.63) is 30.2 Å². The predicted molar refractivity (Wildman–Crippen MR) is 115 cm³/mol. The van der Waals surface area contributed by atoms with E-state index in [1.54, 1.807) is 0 Å². The number of nitrogens with zero attached hydrogens (tertiary/aromatic N) is 7. The first-order valence-electron chi connectivity index (χ1n) is 11.8. The average molecular weight is 422 g/mol. The summed E-state index contributed by atoms with van der Waals surface area (Å²) in [6.07, 6.45) is 9.25. The van der Waals surface area contributed by atoms with E-state index < -0.39 is 0 Å². The minimum atomic E-state index is -0.244. The number of tetrazole rings is 1. The predicted octanol–water partition coefficient (Wildman–Crippen LogP) is 2.41. The van der Waals surface area contributed by atoms with Crippen LogP contribution in [0.4, 0.5) is 5.82 Å². The molecule has 0 aromatic carbocycles. The Bertz CT molecular complexity index is 959. The Morgan fingerprint density at radius 3 is 2.61 bits per heavy atom. The third kappa shape index (κ3) is 3.13. The molecule has 7 rings (SSSR count). The van der Waals surface area contributed by atoms with Gasteiger partial charge in [0.15, 0.2) is 5.82 Å². The van der Waals surface area contributed by atoms with Crippen molar-refractivity contribution in [2.75, 3.05) is 31.1 Å². The number of pyridine rings is 1.